The lowest BCUT2D eigenvalue weighted by Crippen LogP contribution is -2.27. The van der Waals surface area contributed by atoms with Gasteiger partial charge in [0.05, 0.1) is 25.7 Å². The Kier molecular flexibility index (Phi) is 5.80. The van der Waals surface area contributed by atoms with Gasteiger partial charge in [0.15, 0.2) is 11.5 Å². The maximum Gasteiger partial charge on any atom is 0.373 e. The van der Waals surface area contributed by atoms with Gasteiger partial charge in [-0.1, -0.05) is 15.9 Å². The zero-order valence-electron chi connectivity index (χ0n) is 14.7. The summed E-state index contributed by atoms with van der Waals surface area (Å²) >= 11 is 4.09. The molecule has 0 aliphatic carbocycles. The Balaban J connectivity index is 1.83. The molecule has 10 heteroatoms. The summed E-state index contributed by atoms with van der Waals surface area (Å²) in [7, 11) is 2.63. The van der Waals surface area contributed by atoms with Crippen LogP contribution in [0.25, 0.3) is 6.08 Å². The van der Waals surface area contributed by atoms with Crippen molar-refractivity contribution in [3.63, 3.8) is 0 Å². The molecule has 1 aromatic heterocycles. The molecule has 146 valence electrons. The van der Waals surface area contributed by atoms with Gasteiger partial charge in [-0.15, -0.1) is 0 Å². The number of halogens is 1. The number of hydrogen-bond donors (Lipinski definition) is 1. The van der Waals surface area contributed by atoms with Crippen LogP contribution in [-0.2, 0) is 16.1 Å². The number of carbonyl (C=O) groups excluding carboxylic acids is 3. The first-order valence-electron chi connectivity index (χ1n) is 7.83. The van der Waals surface area contributed by atoms with E-state index in [1.807, 2.05) is 0 Å². The zero-order chi connectivity index (χ0) is 20.4. The molecule has 1 aliphatic heterocycles. The summed E-state index contributed by atoms with van der Waals surface area (Å²) in [5.41, 5.74) is 0.561. The molecule has 2 aromatic rings. The number of ether oxygens (including phenoxy) is 2. The van der Waals surface area contributed by atoms with Crippen LogP contribution in [0.4, 0.5) is 4.79 Å². The minimum Gasteiger partial charge on any atom is -0.504 e. The molecule has 0 bridgehead atoms. The molecule has 28 heavy (non-hydrogen) atoms. The number of thioether (sulfide) groups is 1. The normalized spacial score (nSPS) is 15.4. The summed E-state index contributed by atoms with van der Waals surface area (Å²) in [4.78, 5) is 37.6. The van der Waals surface area contributed by atoms with Crippen molar-refractivity contribution in [3.8, 4) is 11.5 Å². The molecule has 0 atom stereocenters. The van der Waals surface area contributed by atoms with Gasteiger partial charge in [-0.25, -0.2) is 4.79 Å². The molecule has 0 unspecified atom stereocenters. The summed E-state index contributed by atoms with van der Waals surface area (Å²) in [6.07, 6.45) is 1.53. The number of esters is 1. The van der Waals surface area contributed by atoms with Crippen molar-refractivity contribution in [2.45, 2.75) is 6.54 Å². The lowest BCUT2D eigenvalue weighted by molar-refractivity contribution is -0.123. The van der Waals surface area contributed by atoms with Crippen LogP contribution >= 0.6 is 27.7 Å². The van der Waals surface area contributed by atoms with Gasteiger partial charge in [0, 0.05) is 4.47 Å². The molecular weight excluding hydrogens is 454 g/mol. The molecule has 0 radical (unpaired) electrons. The molecule has 1 aliphatic rings. The summed E-state index contributed by atoms with van der Waals surface area (Å²) in [6, 6.07) is 5.89. The number of phenolic OH excluding ortho intramolecular Hbond substituents is 1. The van der Waals surface area contributed by atoms with E-state index in [1.165, 1.54) is 38.5 Å². The first kappa shape index (κ1) is 20.0. The second-order valence-corrected chi connectivity index (χ2v) is 7.42. The molecule has 8 nitrogen and oxygen atoms in total. The van der Waals surface area contributed by atoms with Crippen molar-refractivity contribution in [2.24, 2.45) is 0 Å². The second kappa shape index (κ2) is 8.11. The first-order chi connectivity index (χ1) is 13.3. The Hall–Kier alpha value is -2.72. The van der Waals surface area contributed by atoms with Gasteiger partial charge in [-0.2, -0.15) is 0 Å². The highest BCUT2D eigenvalue weighted by Gasteiger charge is 2.36. The number of rotatable bonds is 5. The van der Waals surface area contributed by atoms with Gasteiger partial charge >= 0.3 is 5.97 Å². The Labute approximate surface area is 172 Å². The van der Waals surface area contributed by atoms with Gasteiger partial charge in [0.25, 0.3) is 11.1 Å². The van der Waals surface area contributed by atoms with E-state index in [1.54, 1.807) is 6.07 Å². The zero-order valence-corrected chi connectivity index (χ0v) is 17.1. The Morgan fingerprint density at radius 3 is 2.75 bits per heavy atom. The SMILES string of the molecule is COC(=O)c1ccc(CN2C(=O)S/C(=C/c3cc(OC)c(O)cc3Br)C2=O)o1. The highest BCUT2D eigenvalue weighted by atomic mass is 79.9. The maximum absolute atomic E-state index is 12.6. The van der Waals surface area contributed by atoms with Gasteiger partial charge in [0.1, 0.15) is 5.76 Å². The van der Waals surface area contributed by atoms with Crippen molar-refractivity contribution in [3.05, 3.63) is 50.7 Å². The van der Waals surface area contributed by atoms with E-state index in [4.69, 9.17) is 9.15 Å². The topological polar surface area (TPSA) is 106 Å². The molecule has 1 aromatic carbocycles. The molecule has 1 saturated heterocycles. The van der Waals surface area contributed by atoms with E-state index < -0.39 is 17.1 Å². The van der Waals surface area contributed by atoms with Crippen LogP contribution in [0.1, 0.15) is 21.9 Å². The third-order valence-corrected chi connectivity index (χ3v) is 5.41. The first-order valence-corrected chi connectivity index (χ1v) is 9.44. The molecule has 3 rings (SSSR count). The standard InChI is InChI=1S/C18H14BrNO7S/c1-25-14-5-9(11(19)7-12(14)21)6-15-16(22)20(18(24)28-15)8-10-3-4-13(27-10)17(23)26-2/h3-7,21H,8H2,1-2H3/b15-6+. The van der Waals surface area contributed by atoms with Crippen LogP contribution in [0, 0.1) is 0 Å². The average molecular weight is 468 g/mol. The number of aromatic hydroxyl groups is 1. The molecular formula is C18H14BrNO7S. The Bertz CT molecular complexity index is 998. The van der Waals surface area contributed by atoms with Crippen LogP contribution in [0.2, 0.25) is 0 Å². The van der Waals surface area contributed by atoms with Crippen molar-refractivity contribution in [1.29, 1.82) is 0 Å². The van der Waals surface area contributed by atoms with E-state index >= 15 is 0 Å². The van der Waals surface area contributed by atoms with Gasteiger partial charge in [-0.05, 0) is 47.7 Å². The van der Waals surface area contributed by atoms with Crippen molar-refractivity contribution in [2.75, 3.05) is 14.2 Å². The number of imide groups is 1. The summed E-state index contributed by atoms with van der Waals surface area (Å²) in [5, 5.41) is 9.32. The average Bonchev–Trinajstić information content (AvgIpc) is 3.24. The van der Waals surface area contributed by atoms with Crippen molar-refractivity contribution in [1.82, 2.24) is 4.90 Å². The van der Waals surface area contributed by atoms with Crippen molar-refractivity contribution < 1.29 is 33.4 Å². The molecule has 2 heterocycles. The molecule has 1 N–H and O–H groups in total. The van der Waals surface area contributed by atoms with E-state index in [9.17, 15) is 19.5 Å². The van der Waals surface area contributed by atoms with Crippen LogP contribution < -0.4 is 4.74 Å². The fourth-order valence-electron chi connectivity index (χ4n) is 2.44. The fourth-order valence-corrected chi connectivity index (χ4v) is 3.71. The van der Waals surface area contributed by atoms with Crippen LogP contribution in [0.5, 0.6) is 11.5 Å². The minimum absolute atomic E-state index is 0.0138. The highest BCUT2D eigenvalue weighted by molar-refractivity contribution is 9.10. The second-order valence-electron chi connectivity index (χ2n) is 5.57. The number of carbonyl (C=O) groups is 3. The van der Waals surface area contributed by atoms with E-state index in [0.29, 0.717) is 10.0 Å². The quantitative estimate of drug-likeness (QED) is 0.522. The van der Waals surface area contributed by atoms with Crippen LogP contribution in [0.3, 0.4) is 0 Å². The monoisotopic (exact) mass is 467 g/mol. The predicted octanol–water partition coefficient (Wildman–Crippen LogP) is 3.78. The lowest BCUT2D eigenvalue weighted by Gasteiger charge is -2.10. The lowest BCUT2D eigenvalue weighted by atomic mass is 10.2. The Morgan fingerprint density at radius 1 is 1.32 bits per heavy atom. The maximum atomic E-state index is 12.6. The number of nitrogens with zero attached hydrogens (tertiary/aromatic N) is 1. The highest BCUT2D eigenvalue weighted by Crippen LogP contribution is 2.37. The number of furan rings is 1. The minimum atomic E-state index is -0.647. The smallest absolute Gasteiger partial charge is 0.373 e. The fraction of sp³-hybridized carbons (Fsp3) is 0.167. The van der Waals surface area contributed by atoms with E-state index in [-0.39, 0.29) is 34.5 Å². The third-order valence-electron chi connectivity index (χ3n) is 3.82. The predicted molar refractivity (Wildman–Crippen MR) is 104 cm³/mol. The van der Waals surface area contributed by atoms with Crippen LogP contribution in [-0.4, -0.2) is 41.3 Å². The Morgan fingerprint density at radius 2 is 2.07 bits per heavy atom. The largest absolute Gasteiger partial charge is 0.504 e. The van der Waals surface area contributed by atoms with E-state index in [2.05, 4.69) is 20.7 Å². The van der Waals surface area contributed by atoms with Gasteiger partial charge < -0.3 is 19.0 Å². The summed E-state index contributed by atoms with van der Waals surface area (Å²) in [6.45, 7) is -0.112. The number of benzene rings is 1. The number of phenols is 1. The molecule has 2 amide bonds. The number of methoxy groups -OCH3 is 2. The summed E-state index contributed by atoms with van der Waals surface area (Å²) in [5.74, 6) is -0.702. The molecule has 0 spiro atoms. The molecule has 0 saturated carbocycles. The third kappa shape index (κ3) is 3.92. The van der Waals surface area contributed by atoms with E-state index in [0.717, 1.165) is 16.7 Å². The van der Waals surface area contributed by atoms with Crippen molar-refractivity contribution >= 4 is 50.9 Å². The summed E-state index contributed by atoms with van der Waals surface area (Å²) < 4.78 is 15.5. The molecule has 1 fully saturated rings. The van der Waals surface area contributed by atoms with Crippen LogP contribution in [0.15, 0.2) is 38.1 Å². The van der Waals surface area contributed by atoms with Gasteiger partial charge in [0.2, 0.25) is 5.76 Å². The number of hydrogen-bond acceptors (Lipinski definition) is 8. The number of amides is 2. The van der Waals surface area contributed by atoms with Gasteiger partial charge in [-0.3, -0.25) is 14.5 Å².